The lowest BCUT2D eigenvalue weighted by atomic mass is 10.0. The molecule has 5 heteroatoms. The van der Waals surface area contributed by atoms with E-state index in [2.05, 4.69) is 51.2 Å². The van der Waals surface area contributed by atoms with Gasteiger partial charge in [-0.1, -0.05) is 47.6 Å². The van der Waals surface area contributed by atoms with Crippen LogP contribution in [0, 0.1) is 0 Å². The second kappa shape index (κ2) is 5.71. The summed E-state index contributed by atoms with van der Waals surface area (Å²) in [4.78, 5) is 0. The molecule has 102 valence electrons. The van der Waals surface area contributed by atoms with Crippen LogP contribution in [0.25, 0.3) is 10.8 Å². The first-order chi connectivity index (χ1) is 9.86. The second-order valence-electron chi connectivity index (χ2n) is 4.52. The lowest BCUT2D eigenvalue weighted by Gasteiger charge is -2.06. The molecule has 0 spiro atoms. The molecular formula is C15H16N4O. The fourth-order valence-corrected chi connectivity index (χ4v) is 2.17. The van der Waals surface area contributed by atoms with Gasteiger partial charge in [-0.2, -0.15) is 0 Å². The van der Waals surface area contributed by atoms with Crippen LogP contribution in [0.3, 0.4) is 0 Å². The van der Waals surface area contributed by atoms with Crippen LogP contribution in [0.5, 0.6) is 0 Å². The molecule has 2 aromatic carbocycles. The maximum absolute atomic E-state index is 5.46. The molecule has 0 atom stereocenters. The van der Waals surface area contributed by atoms with Crippen molar-refractivity contribution in [3.8, 4) is 0 Å². The molecule has 0 radical (unpaired) electrons. The monoisotopic (exact) mass is 268 g/mol. The molecule has 3 aromatic rings. The molecule has 0 fully saturated rings. The molecule has 0 bridgehead atoms. The number of anilines is 1. The predicted molar refractivity (Wildman–Crippen MR) is 78.3 cm³/mol. The van der Waals surface area contributed by atoms with Crippen molar-refractivity contribution in [1.29, 1.82) is 0 Å². The highest BCUT2D eigenvalue weighted by atomic mass is 16.4. The summed E-state index contributed by atoms with van der Waals surface area (Å²) in [5.41, 5.74) is 1.21. The Bertz CT molecular complexity index is 702. The van der Waals surface area contributed by atoms with Gasteiger partial charge in [0, 0.05) is 6.54 Å². The van der Waals surface area contributed by atoms with Gasteiger partial charge in [-0.3, -0.25) is 0 Å². The van der Waals surface area contributed by atoms with E-state index in [4.69, 9.17) is 4.42 Å². The third kappa shape index (κ3) is 2.62. The molecule has 1 heterocycles. The van der Waals surface area contributed by atoms with E-state index in [1.165, 1.54) is 16.3 Å². The van der Waals surface area contributed by atoms with Crippen LogP contribution in [0.2, 0.25) is 0 Å². The van der Waals surface area contributed by atoms with Gasteiger partial charge in [0.05, 0.1) is 6.54 Å². The number of benzene rings is 2. The molecule has 0 unspecified atom stereocenters. The lowest BCUT2D eigenvalue weighted by molar-refractivity contribution is 0.489. The van der Waals surface area contributed by atoms with Gasteiger partial charge in [-0.05, 0) is 23.4 Å². The Balaban J connectivity index is 1.76. The first kappa shape index (κ1) is 12.6. The SMILES string of the molecule is CNCc1nnc(NCc2cccc3ccccc23)o1. The van der Waals surface area contributed by atoms with E-state index in [9.17, 15) is 0 Å². The van der Waals surface area contributed by atoms with Gasteiger partial charge in [0.15, 0.2) is 0 Å². The largest absolute Gasteiger partial charge is 0.407 e. The van der Waals surface area contributed by atoms with Gasteiger partial charge in [0.2, 0.25) is 5.89 Å². The van der Waals surface area contributed by atoms with E-state index < -0.39 is 0 Å². The maximum atomic E-state index is 5.46. The quantitative estimate of drug-likeness (QED) is 0.744. The van der Waals surface area contributed by atoms with Crippen molar-refractivity contribution in [3.63, 3.8) is 0 Å². The smallest absolute Gasteiger partial charge is 0.315 e. The summed E-state index contributed by atoms with van der Waals surface area (Å²) in [6.45, 7) is 1.23. The van der Waals surface area contributed by atoms with Crippen LogP contribution >= 0.6 is 0 Å². The average Bonchev–Trinajstić information content (AvgIpc) is 2.93. The summed E-state index contributed by atoms with van der Waals surface area (Å²) in [5, 5.41) is 16.5. The second-order valence-corrected chi connectivity index (χ2v) is 4.52. The van der Waals surface area contributed by atoms with Crippen molar-refractivity contribution in [1.82, 2.24) is 15.5 Å². The number of aromatic nitrogens is 2. The average molecular weight is 268 g/mol. The number of rotatable bonds is 5. The van der Waals surface area contributed by atoms with E-state index >= 15 is 0 Å². The first-order valence-electron chi connectivity index (χ1n) is 6.54. The van der Waals surface area contributed by atoms with Gasteiger partial charge >= 0.3 is 6.01 Å². The standard InChI is InChI=1S/C15H16N4O/c1-16-10-14-18-19-15(20-14)17-9-12-7-4-6-11-5-2-3-8-13(11)12/h2-8,16H,9-10H2,1H3,(H,17,19). The highest BCUT2D eigenvalue weighted by molar-refractivity contribution is 5.85. The predicted octanol–water partition coefficient (Wildman–Crippen LogP) is 2.55. The number of hydrogen-bond acceptors (Lipinski definition) is 5. The van der Waals surface area contributed by atoms with Crippen LogP contribution in [-0.4, -0.2) is 17.2 Å². The van der Waals surface area contributed by atoms with E-state index in [1.54, 1.807) is 0 Å². The Labute approximate surface area is 117 Å². The molecule has 3 rings (SSSR count). The maximum Gasteiger partial charge on any atom is 0.315 e. The van der Waals surface area contributed by atoms with E-state index in [-0.39, 0.29) is 0 Å². The number of fused-ring (bicyclic) bond motifs is 1. The third-order valence-electron chi connectivity index (χ3n) is 3.10. The van der Waals surface area contributed by atoms with Crippen LogP contribution in [0.4, 0.5) is 6.01 Å². The van der Waals surface area contributed by atoms with Gasteiger partial charge in [0.25, 0.3) is 0 Å². The zero-order valence-corrected chi connectivity index (χ0v) is 11.3. The van der Waals surface area contributed by atoms with Gasteiger partial charge in [-0.25, -0.2) is 0 Å². The van der Waals surface area contributed by atoms with Gasteiger partial charge in [-0.15, -0.1) is 5.10 Å². The number of nitrogens with zero attached hydrogens (tertiary/aromatic N) is 2. The summed E-state index contributed by atoms with van der Waals surface area (Å²) >= 11 is 0. The van der Waals surface area contributed by atoms with Gasteiger partial charge < -0.3 is 15.1 Å². The first-order valence-corrected chi connectivity index (χ1v) is 6.54. The molecule has 2 N–H and O–H groups in total. The lowest BCUT2D eigenvalue weighted by Crippen LogP contribution is -2.04. The van der Waals surface area contributed by atoms with E-state index in [1.807, 2.05) is 19.2 Å². The summed E-state index contributed by atoms with van der Waals surface area (Å²) in [7, 11) is 1.84. The van der Waals surface area contributed by atoms with Crippen molar-refractivity contribution in [2.75, 3.05) is 12.4 Å². The normalized spacial score (nSPS) is 10.8. The molecule has 0 aliphatic carbocycles. The molecule has 1 aromatic heterocycles. The van der Waals surface area contributed by atoms with Crippen LogP contribution in [-0.2, 0) is 13.1 Å². The molecule has 0 amide bonds. The Morgan fingerprint density at radius 2 is 1.85 bits per heavy atom. The number of nitrogens with one attached hydrogen (secondary N) is 2. The van der Waals surface area contributed by atoms with Crippen LogP contribution in [0.1, 0.15) is 11.5 Å². The summed E-state index contributed by atoms with van der Waals surface area (Å²) in [5.74, 6) is 0.577. The highest BCUT2D eigenvalue weighted by Gasteiger charge is 2.05. The third-order valence-corrected chi connectivity index (χ3v) is 3.10. The van der Waals surface area contributed by atoms with Crippen LogP contribution < -0.4 is 10.6 Å². The Morgan fingerprint density at radius 1 is 1.00 bits per heavy atom. The molecule has 20 heavy (non-hydrogen) atoms. The Kier molecular flexibility index (Phi) is 3.60. The Hall–Kier alpha value is -2.40. The molecule has 0 aliphatic heterocycles. The van der Waals surface area contributed by atoms with Gasteiger partial charge in [0.1, 0.15) is 0 Å². The topological polar surface area (TPSA) is 63.0 Å². The molecular weight excluding hydrogens is 252 g/mol. The Morgan fingerprint density at radius 3 is 2.75 bits per heavy atom. The molecule has 0 aliphatic rings. The van der Waals surface area contributed by atoms with Crippen molar-refractivity contribution in [2.45, 2.75) is 13.1 Å². The minimum Gasteiger partial charge on any atom is -0.407 e. The number of hydrogen-bond donors (Lipinski definition) is 2. The minimum atomic E-state index is 0.447. The fourth-order valence-electron chi connectivity index (χ4n) is 2.17. The van der Waals surface area contributed by atoms with E-state index in [0.717, 1.165) is 0 Å². The molecule has 0 saturated carbocycles. The van der Waals surface area contributed by atoms with Crippen molar-refractivity contribution >= 4 is 16.8 Å². The summed E-state index contributed by atoms with van der Waals surface area (Å²) < 4.78 is 5.46. The van der Waals surface area contributed by atoms with E-state index in [0.29, 0.717) is 25.0 Å². The minimum absolute atomic E-state index is 0.447. The molecule has 5 nitrogen and oxygen atoms in total. The van der Waals surface area contributed by atoms with Crippen molar-refractivity contribution in [3.05, 3.63) is 53.9 Å². The molecule has 0 saturated heterocycles. The van der Waals surface area contributed by atoms with Crippen molar-refractivity contribution in [2.24, 2.45) is 0 Å². The zero-order chi connectivity index (χ0) is 13.8. The zero-order valence-electron chi connectivity index (χ0n) is 11.3. The fraction of sp³-hybridized carbons (Fsp3) is 0.200. The highest BCUT2D eigenvalue weighted by Crippen LogP contribution is 2.19. The summed E-state index contributed by atoms with van der Waals surface area (Å²) in [6.07, 6.45) is 0. The van der Waals surface area contributed by atoms with Crippen LogP contribution in [0.15, 0.2) is 46.9 Å². The van der Waals surface area contributed by atoms with Crippen molar-refractivity contribution < 1.29 is 4.42 Å². The summed E-state index contributed by atoms with van der Waals surface area (Å²) in [6, 6.07) is 15.0.